The van der Waals surface area contributed by atoms with Crippen LogP contribution in [0.2, 0.25) is 0 Å². The number of likely N-dealkylation sites (tertiary alicyclic amines) is 1. The molecule has 2 aliphatic heterocycles. The van der Waals surface area contributed by atoms with E-state index in [4.69, 9.17) is 4.74 Å². The van der Waals surface area contributed by atoms with Gasteiger partial charge in [-0.25, -0.2) is 0 Å². The number of nitrogens with zero attached hydrogens (tertiary/aromatic N) is 3. The summed E-state index contributed by atoms with van der Waals surface area (Å²) in [6.07, 6.45) is 3.85. The van der Waals surface area contributed by atoms with Gasteiger partial charge in [-0.1, -0.05) is 36.8 Å². The molecule has 0 aliphatic carbocycles. The first-order chi connectivity index (χ1) is 14.7. The predicted octanol–water partition coefficient (Wildman–Crippen LogP) is 3.81. The molecule has 0 radical (unpaired) electrons. The van der Waals surface area contributed by atoms with Gasteiger partial charge in [0.25, 0.3) is 5.91 Å². The monoisotopic (exact) mass is 407 g/mol. The normalized spacial score (nSPS) is 20.9. The Morgan fingerprint density at radius 2 is 1.70 bits per heavy atom. The molecular formula is C25H33N3O2. The Balaban J connectivity index is 1.50. The van der Waals surface area contributed by atoms with Crippen molar-refractivity contribution < 1.29 is 9.53 Å². The van der Waals surface area contributed by atoms with Crippen LogP contribution in [0.25, 0.3) is 0 Å². The highest BCUT2D eigenvalue weighted by molar-refractivity contribution is 5.95. The fourth-order valence-electron chi connectivity index (χ4n) is 4.64. The molecule has 4 rings (SSSR count). The van der Waals surface area contributed by atoms with Gasteiger partial charge in [-0.2, -0.15) is 0 Å². The standard InChI is InChI=1S/C25H33N3O2/c1-26-16-17-28(19-24(26)20-10-12-22(30-2)13-11-20)25(29)23-9-5-4-8-21(23)18-27-14-6-3-7-15-27/h4-5,8-13,24H,3,6-7,14-19H2,1-2H3. The molecule has 5 heteroatoms. The van der Waals surface area contributed by atoms with E-state index in [1.807, 2.05) is 29.2 Å². The Labute approximate surface area is 180 Å². The van der Waals surface area contributed by atoms with Gasteiger partial charge in [0.1, 0.15) is 5.75 Å². The van der Waals surface area contributed by atoms with Crippen molar-refractivity contribution in [1.82, 2.24) is 14.7 Å². The lowest BCUT2D eigenvalue weighted by Gasteiger charge is -2.40. The molecule has 30 heavy (non-hydrogen) atoms. The van der Waals surface area contributed by atoms with Crippen LogP contribution in [0.15, 0.2) is 48.5 Å². The summed E-state index contributed by atoms with van der Waals surface area (Å²) in [5.74, 6) is 1.02. The van der Waals surface area contributed by atoms with Crippen LogP contribution in [-0.4, -0.2) is 67.5 Å². The van der Waals surface area contributed by atoms with Gasteiger partial charge in [0, 0.05) is 31.7 Å². The molecule has 2 heterocycles. The third kappa shape index (κ3) is 4.68. The fourth-order valence-corrected chi connectivity index (χ4v) is 4.64. The summed E-state index contributed by atoms with van der Waals surface area (Å²) >= 11 is 0. The first kappa shape index (κ1) is 20.9. The highest BCUT2D eigenvalue weighted by atomic mass is 16.5. The minimum atomic E-state index is 0.161. The molecule has 160 valence electrons. The number of hydrogen-bond donors (Lipinski definition) is 0. The predicted molar refractivity (Wildman–Crippen MR) is 120 cm³/mol. The molecule has 2 aromatic carbocycles. The molecule has 2 aromatic rings. The quantitative estimate of drug-likeness (QED) is 0.755. The Bertz CT molecular complexity index is 846. The first-order valence-corrected chi connectivity index (χ1v) is 11.1. The molecular weight excluding hydrogens is 374 g/mol. The Morgan fingerprint density at radius 3 is 2.43 bits per heavy atom. The molecule has 5 nitrogen and oxygen atoms in total. The molecule has 2 aliphatic rings. The fraction of sp³-hybridized carbons (Fsp3) is 0.480. The van der Waals surface area contributed by atoms with Crippen LogP contribution in [0.4, 0.5) is 0 Å². The highest BCUT2D eigenvalue weighted by Gasteiger charge is 2.30. The van der Waals surface area contributed by atoms with Crippen LogP contribution in [0.1, 0.15) is 46.8 Å². The number of benzene rings is 2. The molecule has 1 unspecified atom stereocenters. The van der Waals surface area contributed by atoms with Gasteiger partial charge in [0.05, 0.1) is 13.2 Å². The van der Waals surface area contributed by atoms with Gasteiger partial charge < -0.3 is 9.64 Å². The minimum absolute atomic E-state index is 0.161. The largest absolute Gasteiger partial charge is 0.497 e. The molecule has 1 atom stereocenters. The topological polar surface area (TPSA) is 36.0 Å². The zero-order valence-electron chi connectivity index (χ0n) is 18.2. The number of rotatable bonds is 5. The van der Waals surface area contributed by atoms with E-state index in [2.05, 4.69) is 41.1 Å². The van der Waals surface area contributed by atoms with E-state index >= 15 is 0 Å². The lowest BCUT2D eigenvalue weighted by molar-refractivity contribution is 0.0544. The number of hydrogen-bond acceptors (Lipinski definition) is 4. The van der Waals surface area contributed by atoms with E-state index in [1.54, 1.807) is 7.11 Å². The number of piperidine rings is 1. The summed E-state index contributed by atoms with van der Waals surface area (Å²) in [5, 5.41) is 0. The average Bonchev–Trinajstić information content (AvgIpc) is 2.80. The number of carbonyl (C=O) groups is 1. The van der Waals surface area contributed by atoms with E-state index in [0.717, 1.165) is 49.6 Å². The summed E-state index contributed by atoms with van der Waals surface area (Å²) in [6.45, 7) is 5.49. The van der Waals surface area contributed by atoms with Gasteiger partial charge in [0.15, 0.2) is 0 Å². The summed E-state index contributed by atoms with van der Waals surface area (Å²) < 4.78 is 5.29. The molecule has 0 aromatic heterocycles. The molecule has 0 spiro atoms. The van der Waals surface area contributed by atoms with Crippen LogP contribution < -0.4 is 4.74 Å². The molecule has 1 amide bonds. The average molecular weight is 408 g/mol. The van der Waals surface area contributed by atoms with E-state index in [9.17, 15) is 4.79 Å². The number of methoxy groups -OCH3 is 1. The number of ether oxygens (including phenoxy) is 1. The van der Waals surface area contributed by atoms with Gasteiger partial charge >= 0.3 is 0 Å². The Morgan fingerprint density at radius 1 is 0.967 bits per heavy atom. The van der Waals surface area contributed by atoms with Crippen LogP contribution in [0, 0.1) is 0 Å². The zero-order valence-corrected chi connectivity index (χ0v) is 18.2. The van der Waals surface area contributed by atoms with Gasteiger partial charge in [-0.05, 0) is 62.3 Å². The maximum Gasteiger partial charge on any atom is 0.254 e. The van der Waals surface area contributed by atoms with Crippen LogP contribution in [-0.2, 0) is 6.54 Å². The smallest absolute Gasteiger partial charge is 0.254 e. The summed E-state index contributed by atoms with van der Waals surface area (Å²) in [6, 6.07) is 16.6. The van der Waals surface area contributed by atoms with E-state index in [-0.39, 0.29) is 11.9 Å². The maximum absolute atomic E-state index is 13.5. The molecule has 0 N–H and O–H groups in total. The second-order valence-electron chi connectivity index (χ2n) is 8.51. The van der Waals surface area contributed by atoms with Crippen LogP contribution in [0.3, 0.4) is 0 Å². The van der Waals surface area contributed by atoms with Gasteiger partial charge in [-0.3, -0.25) is 14.6 Å². The maximum atomic E-state index is 13.5. The number of piperazine rings is 1. The van der Waals surface area contributed by atoms with Crippen molar-refractivity contribution in [3.63, 3.8) is 0 Å². The van der Waals surface area contributed by atoms with E-state index in [1.165, 1.54) is 24.8 Å². The van der Waals surface area contributed by atoms with Crippen molar-refractivity contribution in [2.24, 2.45) is 0 Å². The van der Waals surface area contributed by atoms with Crippen molar-refractivity contribution in [3.05, 3.63) is 65.2 Å². The third-order valence-electron chi connectivity index (χ3n) is 6.53. The summed E-state index contributed by atoms with van der Waals surface area (Å²) in [4.78, 5) is 20.4. The van der Waals surface area contributed by atoms with Crippen molar-refractivity contribution in [3.8, 4) is 5.75 Å². The molecule has 0 saturated carbocycles. The van der Waals surface area contributed by atoms with Crippen molar-refractivity contribution in [2.45, 2.75) is 31.8 Å². The molecule has 2 saturated heterocycles. The summed E-state index contributed by atoms with van der Waals surface area (Å²) in [7, 11) is 3.82. The lowest BCUT2D eigenvalue weighted by atomic mass is 10.0. The second-order valence-corrected chi connectivity index (χ2v) is 8.51. The van der Waals surface area contributed by atoms with Crippen LogP contribution in [0.5, 0.6) is 5.75 Å². The third-order valence-corrected chi connectivity index (χ3v) is 6.53. The highest BCUT2D eigenvalue weighted by Crippen LogP contribution is 2.27. The second kappa shape index (κ2) is 9.63. The Hall–Kier alpha value is -2.37. The number of amides is 1. The minimum Gasteiger partial charge on any atom is -0.497 e. The van der Waals surface area contributed by atoms with Crippen molar-refractivity contribution >= 4 is 5.91 Å². The number of likely N-dealkylation sites (N-methyl/N-ethyl adjacent to an activating group) is 1. The van der Waals surface area contributed by atoms with Crippen LogP contribution >= 0.6 is 0 Å². The lowest BCUT2D eigenvalue weighted by Crippen LogP contribution is -2.49. The van der Waals surface area contributed by atoms with E-state index < -0.39 is 0 Å². The zero-order chi connectivity index (χ0) is 20.9. The SMILES string of the molecule is COc1ccc(C2CN(C(=O)c3ccccc3CN3CCCCC3)CCN2C)cc1. The molecule has 0 bridgehead atoms. The number of carbonyl (C=O) groups excluding carboxylic acids is 1. The molecule has 2 fully saturated rings. The summed E-state index contributed by atoms with van der Waals surface area (Å²) in [5.41, 5.74) is 3.24. The Kier molecular flexibility index (Phi) is 6.70. The van der Waals surface area contributed by atoms with Crippen molar-refractivity contribution in [1.29, 1.82) is 0 Å². The van der Waals surface area contributed by atoms with Gasteiger partial charge in [0.2, 0.25) is 0 Å². The van der Waals surface area contributed by atoms with Gasteiger partial charge in [-0.15, -0.1) is 0 Å². The van der Waals surface area contributed by atoms with Crippen molar-refractivity contribution in [2.75, 3.05) is 46.9 Å². The van der Waals surface area contributed by atoms with E-state index in [0.29, 0.717) is 6.54 Å². The first-order valence-electron chi connectivity index (χ1n) is 11.1.